The summed E-state index contributed by atoms with van der Waals surface area (Å²) in [7, 11) is 0. The number of aromatic hydroxyl groups is 1. The zero-order valence-electron chi connectivity index (χ0n) is 13.5. The lowest BCUT2D eigenvalue weighted by molar-refractivity contribution is -0.145. The fourth-order valence-electron chi connectivity index (χ4n) is 2.85. The van der Waals surface area contributed by atoms with Crippen LogP contribution in [0.2, 0.25) is 0 Å². The summed E-state index contributed by atoms with van der Waals surface area (Å²) in [6.45, 7) is 4.56. The zero-order valence-corrected chi connectivity index (χ0v) is 16.0. The van der Waals surface area contributed by atoms with Crippen molar-refractivity contribution in [3.05, 3.63) is 41.5 Å². The van der Waals surface area contributed by atoms with Gasteiger partial charge in [-0.3, -0.25) is 14.7 Å². The highest BCUT2D eigenvalue weighted by atomic mass is 79.9. The average Bonchev–Trinajstić information content (AvgIpc) is 2.83. The molecule has 1 aromatic carbocycles. The van der Waals surface area contributed by atoms with Gasteiger partial charge in [-0.15, -0.1) is 29.4 Å². The van der Waals surface area contributed by atoms with Crippen molar-refractivity contribution in [1.29, 1.82) is 0 Å². The Kier molecular flexibility index (Phi) is 7.26. The monoisotopic (exact) mass is 417 g/mol. The van der Waals surface area contributed by atoms with Crippen LogP contribution >= 0.6 is 29.4 Å². The van der Waals surface area contributed by atoms with Gasteiger partial charge >= 0.3 is 5.97 Å². The molecule has 0 saturated carbocycles. The number of phenols is 1. The Morgan fingerprint density at radius 1 is 1.46 bits per heavy atom. The summed E-state index contributed by atoms with van der Waals surface area (Å²) in [6, 6.07) is 6.75. The Balaban J connectivity index is 0.00000144. The minimum absolute atomic E-state index is 0. The lowest BCUT2D eigenvalue weighted by Gasteiger charge is -2.23. The zero-order chi connectivity index (χ0) is 15.7. The maximum Gasteiger partial charge on any atom is 0.323 e. The number of hydrogen-bond donors (Lipinski definition) is 2. The number of para-hydroxylation sites is 2. The molecule has 2 N–H and O–H groups in total. The molecule has 24 heavy (non-hydrogen) atoms. The number of nitrogens with one attached hydrogen (secondary N) is 1. The third-order valence-electron chi connectivity index (χ3n) is 3.83. The van der Waals surface area contributed by atoms with Crippen LogP contribution in [0, 0.1) is 6.92 Å². The summed E-state index contributed by atoms with van der Waals surface area (Å²) >= 11 is 0. The molecular formula is C16H21BrClN3O3. The summed E-state index contributed by atoms with van der Waals surface area (Å²) in [5.41, 5.74) is 2.52. The SMILES string of the molecule is Br.CCOC(=O)C1Cc2c(nc(C)n2-c2ccccc2O)CN1.Cl. The summed E-state index contributed by atoms with van der Waals surface area (Å²) in [5.74, 6) is 0.727. The predicted molar refractivity (Wildman–Crippen MR) is 98.5 cm³/mol. The largest absolute Gasteiger partial charge is 0.506 e. The highest BCUT2D eigenvalue weighted by Crippen LogP contribution is 2.28. The van der Waals surface area contributed by atoms with E-state index in [0.29, 0.717) is 25.3 Å². The second-order valence-corrected chi connectivity index (χ2v) is 5.27. The van der Waals surface area contributed by atoms with E-state index in [0.717, 1.165) is 17.2 Å². The van der Waals surface area contributed by atoms with Gasteiger partial charge < -0.3 is 9.84 Å². The number of fused-ring (bicyclic) bond motifs is 1. The number of benzene rings is 1. The van der Waals surface area contributed by atoms with Crippen molar-refractivity contribution in [2.75, 3.05) is 6.61 Å². The Morgan fingerprint density at radius 3 is 2.83 bits per heavy atom. The topological polar surface area (TPSA) is 76.4 Å². The van der Waals surface area contributed by atoms with E-state index in [9.17, 15) is 9.90 Å². The minimum atomic E-state index is -0.381. The maximum atomic E-state index is 12.0. The third kappa shape index (κ3) is 3.74. The first-order valence-electron chi connectivity index (χ1n) is 7.37. The van der Waals surface area contributed by atoms with Crippen molar-refractivity contribution >= 4 is 35.4 Å². The molecule has 0 saturated heterocycles. The Morgan fingerprint density at radius 2 is 2.17 bits per heavy atom. The van der Waals surface area contributed by atoms with Crippen molar-refractivity contribution < 1.29 is 14.6 Å². The summed E-state index contributed by atoms with van der Waals surface area (Å²) in [5, 5.41) is 13.3. The number of ether oxygens (including phenoxy) is 1. The predicted octanol–water partition coefficient (Wildman–Crippen LogP) is 2.46. The smallest absolute Gasteiger partial charge is 0.323 e. The van der Waals surface area contributed by atoms with E-state index in [4.69, 9.17) is 4.74 Å². The number of carbonyl (C=O) groups is 1. The Bertz CT molecular complexity index is 721. The molecular weight excluding hydrogens is 398 g/mol. The average molecular weight is 419 g/mol. The first kappa shape index (κ1) is 20.5. The molecule has 0 aliphatic carbocycles. The van der Waals surface area contributed by atoms with Gasteiger partial charge in [-0.2, -0.15) is 0 Å². The molecule has 1 aromatic heterocycles. The van der Waals surface area contributed by atoms with Crippen LogP contribution in [0.3, 0.4) is 0 Å². The molecule has 132 valence electrons. The number of aryl methyl sites for hydroxylation is 1. The van der Waals surface area contributed by atoms with Gasteiger partial charge in [-0.1, -0.05) is 12.1 Å². The van der Waals surface area contributed by atoms with E-state index in [2.05, 4.69) is 10.3 Å². The van der Waals surface area contributed by atoms with Gasteiger partial charge in [0, 0.05) is 18.7 Å². The van der Waals surface area contributed by atoms with E-state index < -0.39 is 0 Å². The molecule has 0 fully saturated rings. The second-order valence-electron chi connectivity index (χ2n) is 5.27. The third-order valence-corrected chi connectivity index (χ3v) is 3.83. The molecule has 1 unspecified atom stereocenters. The molecule has 0 bridgehead atoms. The molecule has 0 amide bonds. The van der Waals surface area contributed by atoms with E-state index >= 15 is 0 Å². The lowest BCUT2D eigenvalue weighted by atomic mass is 10.0. The van der Waals surface area contributed by atoms with Crippen LogP contribution in [0.15, 0.2) is 24.3 Å². The van der Waals surface area contributed by atoms with E-state index in [-0.39, 0.29) is 47.1 Å². The van der Waals surface area contributed by atoms with Gasteiger partial charge in [0.1, 0.15) is 17.6 Å². The minimum Gasteiger partial charge on any atom is -0.506 e. The first-order chi connectivity index (χ1) is 10.6. The van der Waals surface area contributed by atoms with Crippen molar-refractivity contribution in [2.45, 2.75) is 32.9 Å². The molecule has 2 aromatic rings. The number of halogens is 2. The summed E-state index contributed by atoms with van der Waals surface area (Å²) < 4.78 is 7.01. The number of hydrogen-bond acceptors (Lipinski definition) is 5. The molecule has 0 radical (unpaired) electrons. The number of phenolic OH excluding ortho intramolecular Hbond substituents is 1. The van der Waals surface area contributed by atoms with Crippen LogP contribution in [-0.4, -0.2) is 33.3 Å². The van der Waals surface area contributed by atoms with Crippen LogP contribution in [-0.2, 0) is 22.5 Å². The maximum absolute atomic E-state index is 12.0. The summed E-state index contributed by atoms with van der Waals surface area (Å²) in [4.78, 5) is 16.5. The molecule has 2 heterocycles. The van der Waals surface area contributed by atoms with Crippen LogP contribution in [0.4, 0.5) is 0 Å². The summed E-state index contributed by atoms with van der Waals surface area (Å²) in [6.07, 6.45) is 0.489. The Hall–Kier alpha value is -1.57. The number of aromatic nitrogens is 2. The molecule has 3 rings (SSSR count). The van der Waals surface area contributed by atoms with Crippen LogP contribution in [0.1, 0.15) is 24.1 Å². The molecule has 1 atom stereocenters. The standard InChI is InChI=1S/C16H19N3O3.BrH.ClH/c1-3-22-16(21)11-8-14-12(9-17-11)18-10(2)19(14)13-6-4-5-7-15(13)20;;/h4-7,11,17,20H,3,8-9H2,1-2H3;2*1H. The van der Waals surface area contributed by atoms with E-state index in [1.165, 1.54) is 0 Å². The van der Waals surface area contributed by atoms with Gasteiger partial charge in [0.2, 0.25) is 0 Å². The van der Waals surface area contributed by atoms with Gasteiger partial charge in [0.15, 0.2) is 0 Å². The van der Waals surface area contributed by atoms with E-state index in [1.54, 1.807) is 19.1 Å². The number of imidazole rings is 1. The lowest BCUT2D eigenvalue weighted by Crippen LogP contribution is -2.43. The van der Waals surface area contributed by atoms with Gasteiger partial charge in [-0.25, -0.2) is 4.98 Å². The highest BCUT2D eigenvalue weighted by molar-refractivity contribution is 8.93. The Labute approximate surface area is 157 Å². The molecule has 6 nitrogen and oxygen atoms in total. The molecule has 0 spiro atoms. The van der Waals surface area contributed by atoms with E-state index in [1.807, 2.05) is 23.6 Å². The number of rotatable bonds is 3. The quantitative estimate of drug-likeness (QED) is 0.749. The number of esters is 1. The second kappa shape index (κ2) is 8.50. The van der Waals surface area contributed by atoms with Crippen LogP contribution < -0.4 is 5.32 Å². The fraction of sp³-hybridized carbons (Fsp3) is 0.375. The molecule has 1 aliphatic heterocycles. The van der Waals surface area contributed by atoms with Crippen molar-refractivity contribution in [2.24, 2.45) is 0 Å². The van der Waals surface area contributed by atoms with Gasteiger partial charge in [0.25, 0.3) is 0 Å². The van der Waals surface area contributed by atoms with Gasteiger partial charge in [-0.05, 0) is 26.0 Å². The normalized spacial score (nSPS) is 15.7. The van der Waals surface area contributed by atoms with Crippen LogP contribution in [0.25, 0.3) is 5.69 Å². The fourth-order valence-corrected chi connectivity index (χ4v) is 2.85. The van der Waals surface area contributed by atoms with Crippen molar-refractivity contribution in [3.8, 4) is 11.4 Å². The highest BCUT2D eigenvalue weighted by Gasteiger charge is 2.30. The van der Waals surface area contributed by atoms with Crippen molar-refractivity contribution in [1.82, 2.24) is 14.9 Å². The van der Waals surface area contributed by atoms with Crippen LogP contribution in [0.5, 0.6) is 5.75 Å². The van der Waals surface area contributed by atoms with Gasteiger partial charge in [0.05, 0.1) is 18.0 Å². The molecule has 1 aliphatic rings. The number of nitrogens with zero attached hydrogens (tertiary/aromatic N) is 2. The molecule has 8 heteroatoms. The first-order valence-corrected chi connectivity index (χ1v) is 7.37. The van der Waals surface area contributed by atoms with Crippen molar-refractivity contribution in [3.63, 3.8) is 0 Å². The number of carbonyl (C=O) groups excluding carboxylic acids is 1.